The SMILES string of the molecule is C[C@H]1C[C@@]1(C(=O)O)[C@@H]1OC(=O)C2=C1C(=O)C[C@H]1C(C)(C)CCC[C@]21C. The number of carbonyl (C=O) groups is 3. The molecule has 25 heavy (non-hydrogen) atoms. The van der Waals surface area contributed by atoms with Gasteiger partial charge in [-0.2, -0.15) is 0 Å². The fourth-order valence-corrected chi connectivity index (χ4v) is 6.10. The Balaban J connectivity index is 1.86. The van der Waals surface area contributed by atoms with Crippen molar-refractivity contribution in [2.75, 3.05) is 0 Å². The number of fused-ring (bicyclic) bond motifs is 2. The van der Waals surface area contributed by atoms with Crippen LogP contribution in [-0.2, 0) is 19.1 Å². The lowest BCUT2D eigenvalue weighted by atomic mass is 9.50. The number of Topliss-reactive ketones (excluding diaryl/α,β-unsaturated/α-hetero) is 1. The molecule has 1 heterocycles. The van der Waals surface area contributed by atoms with Crippen LogP contribution in [-0.4, -0.2) is 28.9 Å². The molecular weight excluding hydrogens is 320 g/mol. The maximum absolute atomic E-state index is 13.0. The fraction of sp³-hybridized carbons (Fsp3) is 0.750. The Hall–Kier alpha value is -1.65. The van der Waals surface area contributed by atoms with Crippen molar-refractivity contribution in [3.8, 4) is 0 Å². The first-order valence-electron chi connectivity index (χ1n) is 9.28. The first-order chi connectivity index (χ1) is 11.6. The topological polar surface area (TPSA) is 80.7 Å². The van der Waals surface area contributed by atoms with Crippen molar-refractivity contribution < 1.29 is 24.2 Å². The number of carboxylic acids is 1. The van der Waals surface area contributed by atoms with Gasteiger partial charge in [-0.25, -0.2) is 4.79 Å². The maximum Gasteiger partial charge on any atom is 0.335 e. The highest BCUT2D eigenvalue weighted by Crippen LogP contribution is 2.65. The van der Waals surface area contributed by atoms with E-state index in [1.54, 1.807) is 0 Å². The summed E-state index contributed by atoms with van der Waals surface area (Å²) in [5.74, 6) is -1.49. The number of ketones is 1. The number of esters is 1. The molecule has 136 valence electrons. The quantitative estimate of drug-likeness (QED) is 0.777. The second-order valence-electron chi connectivity index (χ2n) is 9.46. The molecule has 0 aromatic carbocycles. The van der Waals surface area contributed by atoms with E-state index in [0.29, 0.717) is 24.0 Å². The third-order valence-electron chi connectivity index (χ3n) is 7.68. The molecular formula is C20H26O5. The molecule has 0 spiro atoms. The molecule has 0 aromatic heterocycles. The highest BCUT2D eigenvalue weighted by molar-refractivity contribution is 6.11. The summed E-state index contributed by atoms with van der Waals surface area (Å²) in [6.07, 6.45) is 2.83. The molecule has 0 amide bonds. The summed E-state index contributed by atoms with van der Waals surface area (Å²) in [7, 11) is 0. The highest BCUT2D eigenvalue weighted by Gasteiger charge is 2.70. The van der Waals surface area contributed by atoms with Gasteiger partial charge < -0.3 is 9.84 Å². The molecule has 0 saturated heterocycles. The van der Waals surface area contributed by atoms with Crippen molar-refractivity contribution in [2.45, 2.75) is 65.9 Å². The average molecular weight is 346 g/mol. The van der Waals surface area contributed by atoms with E-state index in [9.17, 15) is 19.5 Å². The van der Waals surface area contributed by atoms with Gasteiger partial charge >= 0.3 is 11.9 Å². The van der Waals surface area contributed by atoms with Gasteiger partial charge in [-0.15, -0.1) is 0 Å². The number of cyclic esters (lactones) is 1. The number of hydrogen-bond donors (Lipinski definition) is 1. The number of hydrogen-bond acceptors (Lipinski definition) is 4. The molecule has 0 aromatic rings. The van der Waals surface area contributed by atoms with E-state index >= 15 is 0 Å². The van der Waals surface area contributed by atoms with E-state index < -0.39 is 28.9 Å². The summed E-state index contributed by atoms with van der Waals surface area (Å²) in [4.78, 5) is 37.8. The zero-order valence-corrected chi connectivity index (χ0v) is 15.3. The minimum atomic E-state index is -1.12. The summed E-state index contributed by atoms with van der Waals surface area (Å²) in [6.45, 7) is 8.27. The Morgan fingerprint density at radius 2 is 1.84 bits per heavy atom. The van der Waals surface area contributed by atoms with Crippen molar-refractivity contribution in [3.63, 3.8) is 0 Å². The first kappa shape index (κ1) is 16.8. The summed E-state index contributed by atoms with van der Waals surface area (Å²) >= 11 is 0. The first-order valence-corrected chi connectivity index (χ1v) is 9.28. The number of carboxylic acid groups (broad SMARTS) is 1. The summed E-state index contributed by atoms with van der Waals surface area (Å²) in [6, 6.07) is 0. The molecule has 2 saturated carbocycles. The van der Waals surface area contributed by atoms with E-state index in [2.05, 4.69) is 20.8 Å². The van der Waals surface area contributed by atoms with Crippen LogP contribution >= 0.6 is 0 Å². The zero-order valence-electron chi connectivity index (χ0n) is 15.3. The van der Waals surface area contributed by atoms with Crippen LogP contribution in [0.15, 0.2) is 11.1 Å². The van der Waals surface area contributed by atoms with E-state index in [-0.39, 0.29) is 23.0 Å². The molecule has 0 bridgehead atoms. The standard InChI is InChI=1S/C20H26O5/c1-10-9-20(10,17(23)24)15-13-11(21)8-12-18(2,3)6-5-7-19(12,4)14(13)16(22)25-15/h10,12,15H,5-9H2,1-4H3,(H,23,24)/t10-,12-,15+,19-,20-/m0/s1. The maximum atomic E-state index is 13.0. The predicted octanol–water partition coefficient (Wildman–Crippen LogP) is 3.12. The summed E-state index contributed by atoms with van der Waals surface area (Å²) in [5.41, 5.74) is -0.652. The Kier molecular flexibility index (Phi) is 3.19. The van der Waals surface area contributed by atoms with Crippen molar-refractivity contribution in [1.82, 2.24) is 0 Å². The van der Waals surface area contributed by atoms with Gasteiger partial charge in [0.2, 0.25) is 0 Å². The molecule has 0 unspecified atom stereocenters. The molecule has 5 heteroatoms. The fourth-order valence-electron chi connectivity index (χ4n) is 6.10. The van der Waals surface area contributed by atoms with Crippen molar-refractivity contribution in [1.29, 1.82) is 0 Å². The number of ether oxygens (including phenoxy) is 1. The second-order valence-corrected chi connectivity index (χ2v) is 9.46. The lowest BCUT2D eigenvalue weighted by Gasteiger charge is -2.52. The lowest BCUT2D eigenvalue weighted by molar-refractivity contribution is -0.154. The van der Waals surface area contributed by atoms with Gasteiger partial charge in [-0.1, -0.05) is 34.1 Å². The van der Waals surface area contributed by atoms with E-state index in [1.165, 1.54) is 0 Å². The van der Waals surface area contributed by atoms with Gasteiger partial charge in [0, 0.05) is 17.4 Å². The van der Waals surface area contributed by atoms with Crippen LogP contribution in [0.4, 0.5) is 0 Å². The largest absolute Gasteiger partial charge is 0.481 e. The van der Waals surface area contributed by atoms with Gasteiger partial charge in [0.15, 0.2) is 5.78 Å². The normalized spacial score (nSPS) is 44.9. The van der Waals surface area contributed by atoms with Gasteiger partial charge in [0.05, 0.1) is 5.57 Å². The van der Waals surface area contributed by atoms with Crippen molar-refractivity contribution in [2.24, 2.45) is 28.1 Å². The van der Waals surface area contributed by atoms with Crippen molar-refractivity contribution in [3.05, 3.63) is 11.1 Å². The highest BCUT2D eigenvalue weighted by atomic mass is 16.6. The van der Waals surface area contributed by atoms with Crippen LogP contribution < -0.4 is 0 Å². The van der Waals surface area contributed by atoms with Crippen LogP contribution in [0, 0.1) is 28.1 Å². The monoisotopic (exact) mass is 346 g/mol. The van der Waals surface area contributed by atoms with E-state index in [4.69, 9.17) is 4.74 Å². The van der Waals surface area contributed by atoms with E-state index in [1.807, 2.05) is 6.92 Å². The molecule has 0 radical (unpaired) electrons. The van der Waals surface area contributed by atoms with Crippen LogP contribution in [0.3, 0.4) is 0 Å². The van der Waals surface area contributed by atoms with Crippen LogP contribution in [0.25, 0.3) is 0 Å². The molecule has 1 aliphatic heterocycles. The Labute approximate surface area is 147 Å². The average Bonchev–Trinajstić information content (AvgIpc) is 3.04. The third kappa shape index (κ3) is 1.92. The molecule has 3 aliphatic carbocycles. The molecule has 4 aliphatic rings. The van der Waals surface area contributed by atoms with Gasteiger partial charge in [-0.3, -0.25) is 9.59 Å². The second kappa shape index (κ2) is 4.74. The van der Waals surface area contributed by atoms with Crippen molar-refractivity contribution >= 4 is 17.7 Å². The lowest BCUT2D eigenvalue weighted by Crippen LogP contribution is -2.49. The smallest absolute Gasteiger partial charge is 0.335 e. The minimum Gasteiger partial charge on any atom is -0.481 e. The molecule has 5 nitrogen and oxygen atoms in total. The van der Waals surface area contributed by atoms with Crippen LogP contribution in [0.5, 0.6) is 0 Å². The van der Waals surface area contributed by atoms with Crippen LogP contribution in [0.1, 0.15) is 59.8 Å². The minimum absolute atomic E-state index is 0.0170. The molecule has 1 N–H and O–H groups in total. The molecule has 2 fully saturated rings. The predicted molar refractivity (Wildman–Crippen MR) is 89.6 cm³/mol. The number of rotatable bonds is 2. The number of aliphatic carboxylic acids is 1. The van der Waals surface area contributed by atoms with E-state index in [0.717, 1.165) is 19.3 Å². The Morgan fingerprint density at radius 1 is 1.20 bits per heavy atom. The number of carbonyl (C=O) groups excluding carboxylic acids is 2. The Bertz CT molecular complexity index is 732. The summed E-state index contributed by atoms with van der Waals surface area (Å²) < 4.78 is 5.61. The Morgan fingerprint density at radius 3 is 2.40 bits per heavy atom. The molecule has 5 atom stereocenters. The molecule has 4 rings (SSSR count). The van der Waals surface area contributed by atoms with Gasteiger partial charge in [0.25, 0.3) is 0 Å². The van der Waals surface area contributed by atoms with Gasteiger partial charge in [-0.05, 0) is 36.5 Å². The zero-order chi connectivity index (χ0) is 18.4. The summed E-state index contributed by atoms with van der Waals surface area (Å²) in [5, 5.41) is 9.75. The van der Waals surface area contributed by atoms with Gasteiger partial charge in [0.1, 0.15) is 11.5 Å². The van der Waals surface area contributed by atoms with Crippen LogP contribution in [0.2, 0.25) is 0 Å². The third-order valence-corrected chi connectivity index (χ3v) is 7.68.